The molecule has 102 valence electrons. The maximum absolute atomic E-state index is 11.2. The lowest BCUT2D eigenvalue weighted by atomic mass is 10.1. The van der Waals surface area contributed by atoms with Crippen molar-refractivity contribution in [2.45, 2.75) is 32.4 Å². The summed E-state index contributed by atoms with van der Waals surface area (Å²) >= 11 is 0. The van der Waals surface area contributed by atoms with Gasteiger partial charge in [0.05, 0.1) is 24.2 Å². The minimum Gasteiger partial charge on any atom is -0.390 e. The largest absolute Gasteiger partial charge is 0.390 e. The molecule has 5 nitrogen and oxygen atoms in total. The van der Waals surface area contributed by atoms with Gasteiger partial charge < -0.3 is 15.2 Å². The molecular weight excluding hydrogens is 242 g/mol. The molecule has 0 aromatic heterocycles. The predicted octanol–water partition coefficient (Wildman–Crippen LogP) is -0.203. The van der Waals surface area contributed by atoms with Gasteiger partial charge in [-0.05, 0) is 12.3 Å². The minimum absolute atomic E-state index is 0.0279. The van der Waals surface area contributed by atoms with Crippen molar-refractivity contribution < 1.29 is 18.3 Å². The highest BCUT2D eigenvalue weighted by Crippen LogP contribution is 2.11. The van der Waals surface area contributed by atoms with Crippen molar-refractivity contribution in [3.05, 3.63) is 0 Å². The Morgan fingerprint density at radius 3 is 2.59 bits per heavy atom. The number of rotatable bonds is 7. The molecule has 1 saturated heterocycles. The Bertz CT molecular complexity index is 315. The van der Waals surface area contributed by atoms with Gasteiger partial charge in [-0.3, -0.25) is 0 Å². The molecule has 1 aliphatic heterocycles. The van der Waals surface area contributed by atoms with Crippen molar-refractivity contribution in [1.29, 1.82) is 0 Å². The van der Waals surface area contributed by atoms with Crippen molar-refractivity contribution in [2.24, 2.45) is 5.92 Å². The molecule has 0 aromatic carbocycles. The predicted molar refractivity (Wildman–Crippen MR) is 66.7 cm³/mol. The van der Waals surface area contributed by atoms with Gasteiger partial charge in [0.15, 0.2) is 9.84 Å². The first-order valence-electron chi connectivity index (χ1n) is 6.10. The molecule has 6 heteroatoms. The summed E-state index contributed by atoms with van der Waals surface area (Å²) < 4.78 is 27.9. The summed E-state index contributed by atoms with van der Waals surface area (Å²) in [4.78, 5) is 0. The van der Waals surface area contributed by atoms with Crippen LogP contribution in [0.4, 0.5) is 0 Å². The Morgan fingerprint density at radius 2 is 2.06 bits per heavy atom. The SMILES string of the molecule is CC(C)CCOCCNC1CS(=O)(=O)CC1O. The third-order valence-electron chi connectivity index (χ3n) is 2.82. The zero-order valence-electron chi connectivity index (χ0n) is 10.6. The van der Waals surface area contributed by atoms with E-state index in [1.807, 2.05) is 0 Å². The van der Waals surface area contributed by atoms with E-state index in [0.29, 0.717) is 19.1 Å². The van der Waals surface area contributed by atoms with E-state index in [2.05, 4.69) is 19.2 Å². The van der Waals surface area contributed by atoms with Gasteiger partial charge in [-0.2, -0.15) is 0 Å². The molecule has 1 rings (SSSR count). The Kier molecular flexibility index (Phi) is 5.85. The number of nitrogens with one attached hydrogen (secondary N) is 1. The second kappa shape index (κ2) is 6.68. The van der Waals surface area contributed by atoms with Crippen LogP contribution in [0, 0.1) is 5.92 Å². The van der Waals surface area contributed by atoms with Crippen molar-refractivity contribution in [2.75, 3.05) is 31.3 Å². The molecule has 0 saturated carbocycles. The normalized spacial score (nSPS) is 27.8. The standard InChI is InChI=1S/C11H23NO4S/c1-9(2)3-5-16-6-4-12-10-7-17(14,15)8-11(10)13/h9-13H,3-8H2,1-2H3. The number of sulfone groups is 1. The van der Waals surface area contributed by atoms with Crippen LogP contribution in [0.5, 0.6) is 0 Å². The molecule has 2 atom stereocenters. The summed E-state index contributed by atoms with van der Waals surface area (Å²) in [6, 6.07) is -0.339. The van der Waals surface area contributed by atoms with E-state index in [0.717, 1.165) is 13.0 Å². The Balaban J connectivity index is 2.07. The lowest BCUT2D eigenvalue weighted by Gasteiger charge is -2.14. The molecule has 0 bridgehead atoms. The van der Waals surface area contributed by atoms with E-state index in [-0.39, 0.29) is 17.5 Å². The first kappa shape index (κ1) is 14.9. The molecule has 0 amide bonds. The molecule has 1 heterocycles. The lowest BCUT2D eigenvalue weighted by Crippen LogP contribution is -2.40. The van der Waals surface area contributed by atoms with Crippen molar-refractivity contribution in [3.63, 3.8) is 0 Å². The zero-order chi connectivity index (χ0) is 12.9. The van der Waals surface area contributed by atoms with Crippen LogP contribution in [0.25, 0.3) is 0 Å². The van der Waals surface area contributed by atoms with Gasteiger partial charge in [0, 0.05) is 19.2 Å². The zero-order valence-corrected chi connectivity index (χ0v) is 11.4. The number of hydrogen-bond acceptors (Lipinski definition) is 5. The van der Waals surface area contributed by atoms with Crippen LogP contribution in [0.1, 0.15) is 20.3 Å². The van der Waals surface area contributed by atoms with Crippen LogP contribution in [0.15, 0.2) is 0 Å². The van der Waals surface area contributed by atoms with Gasteiger partial charge in [0.1, 0.15) is 0 Å². The molecule has 0 aliphatic carbocycles. The average Bonchev–Trinajstić information content (AvgIpc) is 2.45. The van der Waals surface area contributed by atoms with Crippen molar-refractivity contribution in [1.82, 2.24) is 5.32 Å². The van der Waals surface area contributed by atoms with Crippen molar-refractivity contribution in [3.8, 4) is 0 Å². The fourth-order valence-corrected chi connectivity index (χ4v) is 3.54. The lowest BCUT2D eigenvalue weighted by molar-refractivity contribution is 0.114. The molecular formula is C11H23NO4S. The summed E-state index contributed by atoms with van der Waals surface area (Å²) in [6.07, 6.45) is 0.246. The maximum atomic E-state index is 11.2. The summed E-state index contributed by atoms with van der Waals surface area (Å²) in [7, 11) is -3.06. The molecule has 17 heavy (non-hydrogen) atoms. The smallest absolute Gasteiger partial charge is 0.154 e. The van der Waals surface area contributed by atoms with Crippen LogP contribution >= 0.6 is 0 Å². The molecule has 0 radical (unpaired) electrons. The van der Waals surface area contributed by atoms with E-state index in [4.69, 9.17) is 4.74 Å². The van der Waals surface area contributed by atoms with E-state index < -0.39 is 15.9 Å². The average molecular weight is 265 g/mol. The van der Waals surface area contributed by atoms with Crippen LogP contribution in [-0.2, 0) is 14.6 Å². The van der Waals surface area contributed by atoms with Crippen molar-refractivity contribution >= 4 is 9.84 Å². The highest BCUT2D eigenvalue weighted by Gasteiger charge is 2.35. The Hall–Kier alpha value is -0.170. The molecule has 2 N–H and O–H groups in total. The number of aliphatic hydroxyl groups is 1. The van der Waals surface area contributed by atoms with Gasteiger partial charge in [0.25, 0.3) is 0 Å². The molecule has 0 spiro atoms. The quantitative estimate of drug-likeness (QED) is 0.623. The molecule has 2 unspecified atom stereocenters. The van der Waals surface area contributed by atoms with Gasteiger partial charge >= 0.3 is 0 Å². The van der Waals surface area contributed by atoms with E-state index >= 15 is 0 Å². The Labute approximate surface area is 103 Å². The first-order valence-corrected chi connectivity index (χ1v) is 7.92. The monoisotopic (exact) mass is 265 g/mol. The highest BCUT2D eigenvalue weighted by molar-refractivity contribution is 7.91. The molecule has 1 fully saturated rings. The molecule has 0 aromatic rings. The minimum atomic E-state index is -3.06. The number of aliphatic hydroxyl groups excluding tert-OH is 1. The fraction of sp³-hybridized carbons (Fsp3) is 1.00. The summed E-state index contributed by atoms with van der Waals surface area (Å²) in [6.45, 7) is 6.14. The van der Waals surface area contributed by atoms with Crippen LogP contribution in [0.2, 0.25) is 0 Å². The van der Waals surface area contributed by atoms with Crippen LogP contribution < -0.4 is 5.32 Å². The summed E-state index contributed by atoms with van der Waals surface area (Å²) in [5, 5.41) is 12.5. The molecule has 1 aliphatic rings. The van der Waals surface area contributed by atoms with E-state index in [9.17, 15) is 13.5 Å². The topological polar surface area (TPSA) is 75.6 Å². The van der Waals surface area contributed by atoms with Gasteiger partial charge in [0.2, 0.25) is 0 Å². The van der Waals surface area contributed by atoms with Crippen LogP contribution in [0.3, 0.4) is 0 Å². The van der Waals surface area contributed by atoms with Gasteiger partial charge in [-0.25, -0.2) is 8.42 Å². The summed E-state index contributed by atoms with van der Waals surface area (Å²) in [5.74, 6) is 0.531. The summed E-state index contributed by atoms with van der Waals surface area (Å²) in [5.41, 5.74) is 0. The third-order valence-corrected chi connectivity index (χ3v) is 4.53. The Morgan fingerprint density at radius 1 is 1.35 bits per heavy atom. The fourth-order valence-electron chi connectivity index (χ4n) is 1.76. The third kappa shape index (κ3) is 5.81. The first-order chi connectivity index (χ1) is 7.91. The van der Waals surface area contributed by atoms with Gasteiger partial charge in [-0.15, -0.1) is 0 Å². The maximum Gasteiger partial charge on any atom is 0.154 e. The second-order valence-electron chi connectivity index (χ2n) is 5.00. The second-order valence-corrected chi connectivity index (χ2v) is 7.15. The van der Waals surface area contributed by atoms with E-state index in [1.54, 1.807) is 0 Å². The van der Waals surface area contributed by atoms with Gasteiger partial charge in [-0.1, -0.05) is 13.8 Å². The number of ether oxygens (including phenoxy) is 1. The van der Waals surface area contributed by atoms with E-state index in [1.165, 1.54) is 0 Å². The van der Waals surface area contributed by atoms with Crippen LogP contribution in [-0.4, -0.2) is 56.9 Å². The number of hydrogen-bond donors (Lipinski definition) is 2. The highest BCUT2D eigenvalue weighted by atomic mass is 32.2.